The van der Waals surface area contributed by atoms with Gasteiger partial charge in [-0.05, 0) is 18.4 Å². The molecule has 0 radical (unpaired) electrons. The summed E-state index contributed by atoms with van der Waals surface area (Å²) in [4.78, 5) is 11.5. The van der Waals surface area contributed by atoms with Gasteiger partial charge in [-0.3, -0.25) is 4.79 Å². The molecule has 1 rings (SSSR count). The van der Waals surface area contributed by atoms with Crippen LogP contribution in [0.3, 0.4) is 0 Å². The van der Waals surface area contributed by atoms with Gasteiger partial charge in [0.25, 0.3) is 0 Å². The summed E-state index contributed by atoms with van der Waals surface area (Å²) in [5.41, 5.74) is 6.02. The predicted octanol–water partition coefficient (Wildman–Crippen LogP) is 1.97. The Morgan fingerprint density at radius 3 is 2.75 bits per heavy atom. The van der Waals surface area contributed by atoms with Gasteiger partial charge in [0.1, 0.15) is 5.82 Å². The van der Waals surface area contributed by atoms with Crippen molar-refractivity contribution in [2.45, 2.75) is 33.2 Å². The third kappa shape index (κ3) is 4.87. The standard InChI is InChI=1S/C14H20FN3O2/c1-9(2)3-6-13(19)17-8-11-5-4-10(7-12(11)15)14(16)18-20/h4-5,7,9,20H,3,6,8H2,1-2H3,(H2,16,18)(H,17,19). The van der Waals surface area contributed by atoms with E-state index < -0.39 is 5.82 Å². The van der Waals surface area contributed by atoms with Crippen molar-refractivity contribution in [1.82, 2.24) is 5.32 Å². The summed E-state index contributed by atoms with van der Waals surface area (Å²) in [6, 6.07) is 4.21. The van der Waals surface area contributed by atoms with E-state index in [0.29, 0.717) is 23.5 Å². The zero-order valence-electron chi connectivity index (χ0n) is 11.7. The van der Waals surface area contributed by atoms with Gasteiger partial charge >= 0.3 is 0 Å². The highest BCUT2D eigenvalue weighted by Gasteiger charge is 2.08. The molecule has 0 atom stereocenters. The molecule has 1 aromatic rings. The van der Waals surface area contributed by atoms with Gasteiger partial charge < -0.3 is 16.3 Å². The summed E-state index contributed by atoms with van der Waals surface area (Å²) in [7, 11) is 0. The molecule has 6 heteroatoms. The summed E-state index contributed by atoms with van der Waals surface area (Å²) in [6.45, 7) is 4.21. The molecule has 20 heavy (non-hydrogen) atoms. The fraction of sp³-hybridized carbons (Fsp3) is 0.429. The number of nitrogens with zero attached hydrogens (tertiary/aromatic N) is 1. The summed E-state index contributed by atoms with van der Waals surface area (Å²) in [5, 5.41) is 14.0. The Kier molecular flexibility index (Phi) is 5.96. The highest BCUT2D eigenvalue weighted by Crippen LogP contribution is 2.11. The molecule has 0 saturated carbocycles. The smallest absolute Gasteiger partial charge is 0.220 e. The molecule has 5 nitrogen and oxygen atoms in total. The van der Waals surface area contributed by atoms with Crippen molar-refractivity contribution in [2.24, 2.45) is 16.8 Å². The lowest BCUT2D eigenvalue weighted by atomic mass is 10.1. The molecule has 1 amide bonds. The Morgan fingerprint density at radius 1 is 1.50 bits per heavy atom. The van der Waals surface area contributed by atoms with Crippen LogP contribution in [0.15, 0.2) is 23.4 Å². The molecule has 0 fully saturated rings. The third-order valence-corrected chi connectivity index (χ3v) is 2.88. The minimum absolute atomic E-state index is 0.0985. The topological polar surface area (TPSA) is 87.7 Å². The first-order valence-corrected chi connectivity index (χ1v) is 6.47. The summed E-state index contributed by atoms with van der Waals surface area (Å²) < 4.78 is 13.8. The quantitative estimate of drug-likeness (QED) is 0.322. The number of benzene rings is 1. The van der Waals surface area contributed by atoms with Gasteiger partial charge in [-0.25, -0.2) is 4.39 Å². The van der Waals surface area contributed by atoms with E-state index >= 15 is 0 Å². The lowest BCUT2D eigenvalue weighted by molar-refractivity contribution is -0.121. The lowest BCUT2D eigenvalue weighted by Crippen LogP contribution is -2.23. The molecule has 4 N–H and O–H groups in total. The largest absolute Gasteiger partial charge is 0.409 e. The Hall–Kier alpha value is -2.11. The van der Waals surface area contributed by atoms with Crippen molar-refractivity contribution in [3.05, 3.63) is 35.1 Å². The highest BCUT2D eigenvalue weighted by atomic mass is 19.1. The summed E-state index contributed by atoms with van der Waals surface area (Å²) in [5.74, 6) is -0.300. The molecule has 0 aliphatic rings. The first-order valence-electron chi connectivity index (χ1n) is 6.47. The predicted molar refractivity (Wildman–Crippen MR) is 74.8 cm³/mol. The molecule has 0 bridgehead atoms. The molecular formula is C14H20FN3O2. The number of carbonyl (C=O) groups excluding carboxylic acids is 1. The van der Waals surface area contributed by atoms with Crippen LogP contribution < -0.4 is 11.1 Å². The molecular weight excluding hydrogens is 261 g/mol. The van der Waals surface area contributed by atoms with E-state index in [1.165, 1.54) is 18.2 Å². The van der Waals surface area contributed by atoms with E-state index in [4.69, 9.17) is 10.9 Å². The van der Waals surface area contributed by atoms with Crippen molar-refractivity contribution in [2.75, 3.05) is 0 Å². The molecule has 0 aromatic heterocycles. The van der Waals surface area contributed by atoms with E-state index in [-0.39, 0.29) is 18.3 Å². The molecule has 0 spiro atoms. The molecule has 0 heterocycles. The van der Waals surface area contributed by atoms with Crippen LogP contribution in [0.4, 0.5) is 4.39 Å². The van der Waals surface area contributed by atoms with Gasteiger partial charge in [0.2, 0.25) is 5.91 Å². The Labute approximate surface area is 117 Å². The average Bonchev–Trinajstić information content (AvgIpc) is 2.42. The van der Waals surface area contributed by atoms with Crippen LogP contribution in [0.25, 0.3) is 0 Å². The van der Waals surface area contributed by atoms with Crippen LogP contribution in [0.2, 0.25) is 0 Å². The Bertz CT molecular complexity index is 501. The van der Waals surface area contributed by atoms with Gasteiger partial charge in [0, 0.05) is 24.1 Å². The zero-order valence-corrected chi connectivity index (χ0v) is 11.7. The van der Waals surface area contributed by atoms with Crippen LogP contribution in [-0.4, -0.2) is 17.0 Å². The van der Waals surface area contributed by atoms with Crippen LogP contribution in [-0.2, 0) is 11.3 Å². The van der Waals surface area contributed by atoms with Crippen molar-refractivity contribution in [3.63, 3.8) is 0 Å². The van der Waals surface area contributed by atoms with Gasteiger partial charge in [0.15, 0.2) is 5.84 Å². The van der Waals surface area contributed by atoms with E-state index in [9.17, 15) is 9.18 Å². The molecule has 0 aliphatic heterocycles. The second-order valence-electron chi connectivity index (χ2n) is 5.00. The summed E-state index contributed by atoms with van der Waals surface area (Å²) in [6.07, 6.45) is 1.23. The second kappa shape index (κ2) is 7.47. The van der Waals surface area contributed by atoms with Gasteiger partial charge in [-0.2, -0.15) is 0 Å². The van der Waals surface area contributed by atoms with Crippen LogP contribution in [0, 0.1) is 11.7 Å². The number of nitrogens with two attached hydrogens (primary N) is 1. The van der Waals surface area contributed by atoms with E-state index in [1.54, 1.807) is 0 Å². The number of rotatable bonds is 6. The fourth-order valence-electron chi connectivity index (χ4n) is 1.61. The van der Waals surface area contributed by atoms with Crippen molar-refractivity contribution in [1.29, 1.82) is 0 Å². The first kappa shape index (κ1) is 15.9. The van der Waals surface area contributed by atoms with E-state index in [1.807, 2.05) is 13.8 Å². The van der Waals surface area contributed by atoms with Crippen LogP contribution >= 0.6 is 0 Å². The number of halogens is 1. The van der Waals surface area contributed by atoms with Crippen LogP contribution in [0.1, 0.15) is 37.8 Å². The van der Waals surface area contributed by atoms with Gasteiger partial charge in [0.05, 0.1) is 0 Å². The average molecular weight is 281 g/mol. The molecule has 1 aromatic carbocycles. The summed E-state index contributed by atoms with van der Waals surface area (Å²) >= 11 is 0. The zero-order chi connectivity index (χ0) is 15.1. The minimum Gasteiger partial charge on any atom is -0.409 e. The normalized spacial score (nSPS) is 11.7. The maximum Gasteiger partial charge on any atom is 0.220 e. The SMILES string of the molecule is CC(C)CCC(=O)NCc1ccc(C(N)=NO)cc1F. The molecule has 0 saturated heterocycles. The monoisotopic (exact) mass is 281 g/mol. The van der Waals surface area contributed by atoms with Gasteiger partial charge in [-0.15, -0.1) is 0 Å². The molecule has 110 valence electrons. The fourth-order valence-corrected chi connectivity index (χ4v) is 1.61. The maximum atomic E-state index is 13.8. The lowest BCUT2D eigenvalue weighted by Gasteiger charge is -2.08. The number of carbonyl (C=O) groups is 1. The van der Waals surface area contributed by atoms with Crippen molar-refractivity contribution < 1.29 is 14.4 Å². The number of amides is 1. The number of amidine groups is 1. The number of hydrogen-bond acceptors (Lipinski definition) is 3. The van der Waals surface area contributed by atoms with E-state index in [2.05, 4.69) is 10.5 Å². The van der Waals surface area contributed by atoms with Crippen molar-refractivity contribution in [3.8, 4) is 0 Å². The number of oxime groups is 1. The van der Waals surface area contributed by atoms with Crippen molar-refractivity contribution >= 4 is 11.7 Å². The van der Waals surface area contributed by atoms with E-state index in [0.717, 1.165) is 6.42 Å². The highest BCUT2D eigenvalue weighted by molar-refractivity contribution is 5.97. The van der Waals surface area contributed by atoms with Crippen LogP contribution in [0.5, 0.6) is 0 Å². The molecule has 0 aliphatic carbocycles. The maximum absolute atomic E-state index is 13.8. The second-order valence-corrected chi connectivity index (χ2v) is 5.00. The first-order chi connectivity index (χ1) is 9.43. The minimum atomic E-state index is -0.502. The Balaban J connectivity index is 2.59. The Morgan fingerprint density at radius 2 is 2.20 bits per heavy atom. The van der Waals surface area contributed by atoms with Gasteiger partial charge in [-0.1, -0.05) is 31.1 Å². The number of hydrogen-bond donors (Lipinski definition) is 3. The number of nitrogens with one attached hydrogen (secondary N) is 1. The third-order valence-electron chi connectivity index (χ3n) is 2.88. The molecule has 0 unspecified atom stereocenters.